The van der Waals surface area contributed by atoms with Gasteiger partial charge in [0.25, 0.3) is 5.91 Å². The van der Waals surface area contributed by atoms with E-state index in [1.165, 1.54) is 0 Å². The van der Waals surface area contributed by atoms with Crippen molar-refractivity contribution in [2.45, 2.75) is 19.4 Å². The van der Waals surface area contributed by atoms with Crippen LogP contribution >= 0.6 is 15.9 Å². The molecule has 0 bridgehead atoms. The monoisotopic (exact) mass is 445 g/mol. The van der Waals surface area contributed by atoms with Crippen LogP contribution in [0.3, 0.4) is 0 Å². The molecule has 2 aromatic rings. The van der Waals surface area contributed by atoms with E-state index in [-0.39, 0.29) is 6.54 Å². The minimum absolute atomic E-state index is 0.378. The normalized spacial score (nSPS) is 18.8. The number of ether oxygens (including phenoxy) is 1. The molecule has 8 heteroatoms. The quantitative estimate of drug-likeness (QED) is 0.691. The average Bonchev–Trinajstić information content (AvgIpc) is 2.87. The molecule has 1 saturated heterocycles. The highest BCUT2D eigenvalue weighted by atomic mass is 79.9. The van der Waals surface area contributed by atoms with Gasteiger partial charge in [0.15, 0.2) is 0 Å². The molecular formula is C20H20BrN3O4. The molecule has 4 amide bonds. The molecule has 7 nitrogen and oxygen atoms in total. The Labute approximate surface area is 171 Å². The van der Waals surface area contributed by atoms with Gasteiger partial charge in [-0.1, -0.05) is 18.2 Å². The van der Waals surface area contributed by atoms with E-state index in [1.807, 2.05) is 13.0 Å². The van der Waals surface area contributed by atoms with Gasteiger partial charge in [-0.2, -0.15) is 0 Å². The van der Waals surface area contributed by atoms with Crippen molar-refractivity contribution >= 4 is 39.5 Å². The number of hydrogen-bond acceptors (Lipinski definition) is 4. The number of urea groups is 1. The fourth-order valence-corrected chi connectivity index (χ4v) is 3.51. The summed E-state index contributed by atoms with van der Waals surface area (Å²) in [6.07, 6.45) is 0. The highest BCUT2D eigenvalue weighted by Gasteiger charge is 2.49. The third kappa shape index (κ3) is 3.60. The summed E-state index contributed by atoms with van der Waals surface area (Å²) >= 11 is 3.34. The van der Waals surface area contributed by atoms with Crippen LogP contribution in [0, 0.1) is 6.92 Å². The molecule has 0 radical (unpaired) electrons. The Morgan fingerprint density at radius 1 is 1.25 bits per heavy atom. The Balaban J connectivity index is 1.78. The molecule has 1 heterocycles. The van der Waals surface area contributed by atoms with E-state index in [9.17, 15) is 14.4 Å². The molecule has 28 heavy (non-hydrogen) atoms. The molecule has 1 unspecified atom stereocenters. The molecule has 0 spiro atoms. The van der Waals surface area contributed by atoms with Crippen LogP contribution in [0.15, 0.2) is 46.9 Å². The number of benzene rings is 2. The highest BCUT2D eigenvalue weighted by molar-refractivity contribution is 9.10. The van der Waals surface area contributed by atoms with Gasteiger partial charge >= 0.3 is 6.03 Å². The van der Waals surface area contributed by atoms with Crippen LogP contribution in [-0.2, 0) is 15.1 Å². The van der Waals surface area contributed by atoms with Crippen LogP contribution in [0.1, 0.15) is 18.1 Å². The van der Waals surface area contributed by atoms with E-state index in [1.54, 1.807) is 50.4 Å². The van der Waals surface area contributed by atoms with Crippen molar-refractivity contribution in [1.82, 2.24) is 10.2 Å². The van der Waals surface area contributed by atoms with Crippen LogP contribution in [0.5, 0.6) is 5.75 Å². The van der Waals surface area contributed by atoms with Gasteiger partial charge in [0.1, 0.15) is 17.8 Å². The minimum Gasteiger partial charge on any atom is -0.496 e. The van der Waals surface area contributed by atoms with Gasteiger partial charge in [-0.15, -0.1) is 0 Å². The summed E-state index contributed by atoms with van der Waals surface area (Å²) in [5.74, 6) is -0.260. The average molecular weight is 446 g/mol. The first-order valence-corrected chi connectivity index (χ1v) is 9.39. The molecule has 2 aromatic carbocycles. The first-order valence-electron chi connectivity index (χ1n) is 8.60. The minimum atomic E-state index is -1.25. The first kappa shape index (κ1) is 19.9. The van der Waals surface area contributed by atoms with Crippen molar-refractivity contribution in [3.05, 3.63) is 58.1 Å². The first-order chi connectivity index (χ1) is 13.3. The van der Waals surface area contributed by atoms with Crippen LogP contribution < -0.4 is 15.4 Å². The largest absolute Gasteiger partial charge is 0.496 e. The number of hydrogen-bond donors (Lipinski definition) is 2. The SMILES string of the molecule is COc1ccc(C2(C)NC(=O)N(CC(=O)Nc3ccccc3Br)C2=O)cc1C. The molecule has 1 atom stereocenters. The van der Waals surface area contributed by atoms with Crippen molar-refractivity contribution < 1.29 is 19.1 Å². The standard InChI is InChI=1S/C20H20BrN3O4/c1-12-10-13(8-9-16(12)28-3)20(2)18(26)24(19(27)23-20)11-17(25)22-15-7-5-4-6-14(15)21/h4-10H,11H2,1-3H3,(H,22,25)(H,23,27). The van der Waals surface area contributed by atoms with Gasteiger partial charge in [0.2, 0.25) is 5.91 Å². The maximum Gasteiger partial charge on any atom is 0.325 e. The number of aryl methyl sites for hydroxylation is 1. The Kier molecular flexibility index (Phi) is 5.42. The van der Waals surface area contributed by atoms with E-state index in [0.29, 0.717) is 21.5 Å². The zero-order chi connectivity index (χ0) is 20.5. The molecule has 3 rings (SSSR count). The number of nitrogens with zero attached hydrogens (tertiary/aromatic N) is 1. The predicted octanol–water partition coefficient (Wildman–Crippen LogP) is 3.17. The number of methoxy groups -OCH3 is 1. The third-order valence-corrected chi connectivity index (χ3v) is 5.39. The summed E-state index contributed by atoms with van der Waals surface area (Å²) in [6, 6.07) is 11.8. The number of nitrogens with one attached hydrogen (secondary N) is 2. The van der Waals surface area contributed by atoms with Crippen molar-refractivity contribution in [2.24, 2.45) is 0 Å². The molecule has 0 aliphatic carbocycles. The van der Waals surface area contributed by atoms with Gasteiger partial charge in [-0.05, 0) is 65.2 Å². The number of carbonyl (C=O) groups excluding carboxylic acids is 3. The maximum atomic E-state index is 13.0. The summed E-state index contributed by atoms with van der Waals surface area (Å²) in [4.78, 5) is 38.7. The van der Waals surface area contributed by atoms with Crippen molar-refractivity contribution in [1.29, 1.82) is 0 Å². The van der Waals surface area contributed by atoms with Crippen LogP contribution in [-0.4, -0.2) is 36.4 Å². The lowest BCUT2D eigenvalue weighted by Gasteiger charge is -2.23. The topological polar surface area (TPSA) is 87.7 Å². The molecule has 2 N–H and O–H groups in total. The summed E-state index contributed by atoms with van der Waals surface area (Å²) in [5.41, 5.74) is 0.779. The molecule has 1 aliphatic rings. The smallest absolute Gasteiger partial charge is 0.325 e. The van der Waals surface area contributed by atoms with E-state index in [2.05, 4.69) is 26.6 Å². The Bertz CT molecular complexity index is 962. The van der Waals surface area contributed by atoms with Gasteiger partial charge in [-0.25, -0.2) is 4.79 Å². The fourth-order valence-electron chi connectivity index (χ4n) is 3.12. The predicted molar refractivity (Wildman–Crippen MR) is 108 cm³/mol. The zero-order valence-corrected chi connectivity index (χ0v) is 17.3. The lowest BCUT2D eigenvalue weighted by atomic mass is 9.90. The van der Waals surface area contributed by atoms with Gasteiger partial charge in [-0.3, -0.25) is 14.5 Å². The second kappa shape index (κ2) is 7.63. The summed E-state index contributed by atoms with van der Waals surface area (Å²) in [7, 11) is 1.57. The van der Waals surface area contributed by atoms with Crippen LogP contribution in [0.2, 0.25) is 0 Å². The van der Waals surface area contributed by atoms with Crippen molar-refractivity contribution in [2.75, 3.05) is 19.0 Å². The number of halogens is 1. The number of imide groups is 1. The molecule has 1 aliphatic heterocycles. The number of anilines is 1. The molecule has 146 valence electrons. The number of amides is 4. The Morgan fingerprint density at radius 3 is 2.61 bits per heavy atom. The molecule has 1 fully saturated rings. The zero-order valence-electron chi connectivity index (χ0n) is 15.7. The number of carbonyl (C=O) groups is 3. The van der Waals surface area contributed by atoms with Crippen LogP contribution in [0.4, 0.5) is 10.5 Å². The Morgan fingerprint density at radius 2 is 1.96 bits per heavy atom. The van der Waals surface area contributed by atoms with E-state index < -0.39 is 23.4 Å². The second-order valence-corrected chi connectivity index (χ2v) is 7.51. The third-order valence-electron chi connectivity index (χ3n) is 4.70. The second-order valence-electron chi connectivity index (χ2n) is 6.66. The van der Waals surface area contributed by atoms with E-state index in [4.69, 9.17) is 4.74 Å². The van der Waals surface area contributed by atoms with Gasteiger partial charge in [0.05, 0.1) is 12.8 Å². The van der Waals surface area contributed by atoms with Crippen LogP contribution in [0.25, 0.3) is 0 Å². The Hall–Kier alpha value is -2.87. The molecule has 0 saturated carbocycles. The van der Waals surface area contributed by atoms with Gasteiger partial charge in [0, 0.05) is 4.47 Å². The number of para-hydroxylation sites is 1. The van der Waals surface area contributed by atoms with Crippen molar-refractivity contribution in [3.63, 3.8) is 0 Å². The lowest BCUT2D eigenvalue weighted by molar-refractivity contribution is -0.133. The van der Waals surface area contributed by atoms with Gasteiger partial charge < -0.3 is 15.4 Å². The molecule has 0 aromatic heterocycles. The summed E-state index contributed by atoms with van der Waals surface area (Å²) in [6.45, 7) is 3.10. The summed E-state index contributed by atoms with van der Waals surface area (Å²) in [5, 5.41) is 5.39. The summed E-state index contributed by atoms with van der Waals surface area (Å²) < 4.78 is 5.95. The van der Waals surface area contributed by atoms with Crippen molar-refractivity contribution in [3.8, 4) is 5.75 Å². The lowest BCUT2D eigenvalue weighted by Crippen LogP contribution is -2.42. The van der Waals surface area contributed by atoms with E-state index in [0.717, 1.165) is 10.5 Å². The fraction of sp³-hybridized carbons (Fsp3) is 0.250. The highest BCUT2D eigenvalue weighted by Crippen LogP contribution is 2.31. The van der Waals surface area contributed by atoms with E-state index >= 15 is 0 Å². The number of rotatable bonds is 5. The molecular weight excluding hydrogens is 426 g/mol. The maximum absolute atomic E-state index is 13.0.